The van der Waals surface area contributed by atoms with Gasteiger partial charge in [-0.15, -0.1) is 0 Å². The largest absolute Gasteiger partial charge is 0.244 e. The van der Waals surface area contributed by atoms with Crippen molar-refractivity contribution in [2.45, 2.75) is 149 Å². The zero-order valence-electron chi connectivity index (χ0n) is 23.9. The average molecular weight is 494 g/mol. The Morgan fingerprint density at radius 2 is 1.00 bits per heavy atom. The van der Waals surface area contributed by atoms with Crippen LogP contribution >= 0.6 is 0 Å². The third-order valence-electron chi connectivity index (χ3n) is 8.02. The third-order valence-corrected chi connectivity index (χ3v) is 8.02. The molecule has 0 saturated carbocycles. The molecule has 2 unspecified atom stereocenters. The molecule has 1 aliphatic rings. The van der Waals surface area contributed by atoms with Crippen molar-refractivity contribution in [3.63, 3.8) is 0 Å². The molecule has 0 radical (unpaired) electrons. The number of nitrogens with zero attached hydrogens (tertiary/aromatic N) is 2. The van der Waals surface area contributed by atoms with Gasteiger partial charge in [-0.05, 0) is 30.7 Å². The second-order valence-corrected chi connectivity index (χ2v) is 11.2. The molecule has 1 heterocycles. The van der Waals surface area contributed by atoms with E-state index in [1.807, 2.05) is 12.4 Å². The van der Waals surface area contributed by atoms with E-state index in [1.165, 1.54) is 134 Å². The van der Waals surface area contributed by atoms with Crippen LogP contribution in [0.15, 0.2) is 40.3 Å². The summed E-state index contributed by atoms with van der Waals surface area (Å²) in [5, 5.41) is 0. The van der Waals surface area contributed by atoms with E-state index in [-0.39, 0.29) is 0 Å². The van der Waals surface area contributed by atoms with Crippen LogP contribution in [0.25, 0.3) is 0 Å². The molecule has 0 aliphatic carbocycles. The SMILES string of the molecule is CCCCCCCCCCCCCCCCC(Cc1ccccc1)C(CCCCCC)[C+]1N=CC=N1. The molecule has 2 atom stereocenters. The van der Waals surface area contributed by atoms with Crippen LogP contribution in [-0.2, 0) is 6.42 Å². The van der Waals surface area contributed by atoms with E-state index in [1.54, 1.807) is 0 Å². The number of unbranched alkanes of at least 4 members (excludes halogenated alkanes) is 16. The van der Waals surface area contributed by atoms with Crippen molar-refractivity contribution in [2.24, 2.45) is 21.8 Å². The molecule has 1 aromatic rings. The van der Waals surface area contributed by atoms with Gasteiger partial charge in [0.15, 0.2) is 12.4 Å². The van der Waals surface area contributed by atoms with Crippen LogP contribution in [0.3, 0.4) is 0 Å². The Morgan fingerprint density at radius 3 is 1.53 bits per heavy atom. The van der Waals surface area contributed by atoms with Gasteiger partial charge in [-0.2, -0.15) is 0 Å². The van der Waals surface area contributed by atoms with E-state index >= 15 is 0 Å². The fourth-order valence-corrected chi connectivity index (χ4v) is 5.77. The van der Waals surface area contributed by atoms with Gasteiger partial charge < -0.3 is 0 Å². The first kappa shape index (κ1) is 30.7. The number of hydrogen-bond acceptors (Lipinski definition) is 2. The zero-order chi connectivity index (χ0) is 25.5. The van der Waals surface area contributed by atoms with Crippen LogP contribution in [0.1, 0.15) is 148 Å². The highest BCUT2D eigenvalue weighted by Crippen LogP contribution is 2.37. The fourth-order valence-electron chi connectivity index (χ4n) is 5.77. The van der Waals surface area contributed by atoms with Crippen molar-refractivity contribution in [1.82, 2.24) is 0 Å². The van der Waals surface area contributed by atoms with Gasteiger partial charge >= 0.3 is 0 Å². The van der Waals surface area contributed by atoms with Crippen molar-refractivity contribution < 1.29 is 0 Å². The van der Waals surface area contributed by atoms with E-state index in [2.05, 4.69) is 54.2 Å². The quantitative estimate of drug-likeness (QED) is 0.101. The minimum absolute atomic E-state index is 0.499. The van der Waals surface area contributed by atoms with Crippen molar-refractivity contribution in [3.8, 4) is 0 Å². The van der Waals surface area contributed by atoms with Crippen LogP contribution in [-0.4, -0.2) is 12.4 Å². The molecule has 0 fully saturated rings. The lowest BCUT2D eigenvalue weighted by molar-refractivity contribution is 0.284. The molecule has 1 aromatic carbocycles. The molecule has 0 saturated heterocycles. The maximum Gasteiger partial charge on any atom is 0.244 e. The van der Waals surface area contributed by atoms with Crippen molar-refractivity contribution >= 4 is 12.4 Å². The summed E-state index contributed by atoms with van der Waals surface area (Å²) >= 11 is 0. The molecule has 2 rings (SSSR count). The molecule has 0 spiro atoms. The second-order valence-electron chi connectivity index (χ2n) is 11.2. The molecule has 36 heavy (non-hydrogen) atoms. The summed E-state index contributed by atoms with van der Waals surface area (Å²) in [6.45, 7) is 4.60. The molecule has 0 N–H and O–H groups in total. The van der Waals surface area contributed by atoms with Gasteiger partial charge in [0.05, 0.1) is 5.92 Å². The number of rotatable bonds is 24. The molecule has 0 amide bonds. The number of benzene rings is 1. The maximum atomic E-state index is 4.68. The van der Waals surface area contributed by atoms with E-state index in [0.29, 0.717) is 11.8 Å². The third kappa shape index (κ3) is 14.2. The molecular weight excluding hydrogens is 436 g/mol. The van der Waals surface area contributed by atoms with Gasteiger partial charge in [0, 0.05) is 0 Å². The summed E-state index contributed by atoms with van der Waals surface area (Å²) in [6.07, 6.45) is 33.8. The Hall–Kier alpha value is -1.57. The zero-order valence-corrected chi connectivity index (χ0v) is 23.9. The van der Waals surface area contributed by atoms with Crippen LogP contribution in [0.5, 0.6) is 0 Å². The van der Waals surface area contributed by atoms with Gasteiger partial charge in [0.2, 0.25) is 6.17 Å². The van der Waals surface area contributed by atoms with Crippen LogP contribution in [0.2, 0.25) is 0 Å². The minimum atomic E-state index is 0.499. The smallest absolute Gasteiger partial charge is 0.0965 e. The Bertz CT molecular complexity index is 653. The molecule has 2 nitrogen and oxygen atoms in total. The summed E-state index contributed by atoms with van der Waals surface area (Å²) in [5.41, 5.74) is 1.47. The van der Waals surface area contributed by atoms with Crippen LogP contribution in [0.4, 0.5) is 0 Å². The second kappa shape index (κ2) is 21.5. The van der Waals surface area contributed by atoms with Gasteiger partial charge in [-0.1, -0.05) is 170 Å². The van der Waals surface area contributed by atoms with E-state index in [0.717, 1.165) is 12.6 Å². The first-order valence-electron chi connectivity index (χ1n) is 15.8. The lowest BCUT2D eigenvalue weighted by Gasteiger charge is -2.26. The number of hydrogen-bond donors (Lipinski definition) is 0. The molecule has 1 aliphatic heterocycles. The molecule has 0 bridgehead atoms. The van der Waals surface area contributed by atoms with E-state index in [9.17, 15) is 0 Å². The molecule has 202 valence electrons. The fraction of sp³-hybridized carbons (Fsp3) is 0.735. The first-order valence-corrected chi connectivity index (χ1v) is 15.8. The van der Waals surface area contributed by atoms with E-state index < -0.39 is 0 Å². The highest BCUT2D eigenvalue weighted by molar-refractivity contribution is 6.18. The predicted octanol–water partition coefficient (Wildman–Crippen LogP) is 10.9. The summed E-state index contributed by atoms with van der Waals surface area (Å²) in [5.74, 6) is 1.15. The molecular formula is C34H57N2+. The standard InChI is InChI=1S/C34H57N2/c1-3-5-7-9-10-11-12-13-14-15-16-17-18-22-26-32(30-31-24-20-19-21-25-31)33(27-23-8-6-4-2)34-35-28-29-36-34/h19-21,24-25,28-29,32-33H,3-18,22-23,26-27,30H2,1-2H3/q+1. The lowest BCUT2D eigenvalue weighted by atomic mass is 9.78. The maximum absolute atomic E-state index is 4.68. The van der Waals surface area contributed by atoms with Gasteiger partial charge in [-0.3, -0.25) is 0 Å². The van der Waals surface area contributed by atoms with E-state index in [4.69, 9.17) is 0 Å². The topological polar surface area (TPSA) is 24.7 Å². The number of aliphatic imine (C=N–C) groups is 2. The summed E-state index contributed by atoms with van der Waals surface area (Å²) in [6, 6.07) is 11.1. The highest BCUT2D eigenvalue weighted by Gasteiger charge is 2.35. The summed E-state index contributed by atoms with van der Waals surface area (Å²) < 4.78 is 0. The van der Waals surface area contributed by atoms with Crippen molar-refractivity contribution in [1.29, 1.82) is 0 Å². The Labute approximate surface area is 224 Å². The van der Waals surface area contributed by atoms with Gasteiger partial charge in [0.1, 0.15) is 0 Å². The normalized spacial score (nSPS) is 14.6. The predicted molar refractivity (Wildman–Crippen MR) is 161 cm³/mol. The van der Waals surface area contributed by atoms with Gasteiger partial charge in [0.25, 0.3) is 0 Å². The van der Waals surface area contributed by atoms with Crippen LogP contribution < -0.4 is 0 Å². The van der Waals surface area contributed by atoms with Crippen LogP contribution in [0, 0.1) is 18.0 Å². The minimum Gasteiger partial charge on any atom is -0.0965 e. The Kier molecular flexibility index (Phi) is 18.3. The van der Waals surface area contributed by atoms with Gasteiger partial charge in [-0.25, -0.2) is 0 Å². The Balaban J connectivity index is 1.69. The molecule has 2 heteroatoms. The molecule has 0 aromatic heterocycles. The first-order chi connectivity index (χ1) is 17.8. The summed E-state index contributed by atoms with van der Waals surface area (Å²) in [4.78, 5) is 9.37. The lowest BCUT2D eigenvalue weighted by Crippen LogP contribution is -2.22. The summed E-state index contributed by atoms with van der Waals surface area (Å²) in [7, 11) is 0. The Morgan fingerprint density at radius 1 is 0.556 bits per heavy atom. The monoisotopic (exact) mass is 493 g/mol. The average Bonchev–Trinajstić information content (AvgIpc) is 3.44. The van der Waals surface area contributed by atoms with Crippen molar-refractivity contribution in [3.05, 3.63) is 42.1 Å². The highest BCUT2D eigenvalue weighted by atomic mass is 15.0. The van der Waals surface area contributed by atoms with Crippen molar-refractivity contribution in [2.75, 3.05) is 0 Å².